The number of nitrogens with zero attached hydrogens (tertiary/aromatic N) is 3. The molecule has 0 aromatic carbocycles. The first-order chi connectivity index (χ1) is 12.8. The van der Waals surface area contributed by atoms with Crippen LogP contribution in [0.4, 0.5) is 0 Å². The largest absolute Gasteiger partial charge is 0.461 e. The molecule has 1 spiro atoms. The van der Waals surface area contributed by atoms with Crippen molar-refractivity contribution in [2.75, 3.05) is 19.7 Å². The standard InChI is InChI=1S/C20H21N3O2S/c1-2-17(24-9-1)19-21-12-15(13-22-19)14-23-7-5-20(6-8-23)18-16(3-10-25-20)4-11-26-18/h1-2,4,9,11-13H,3,5-8,10,14H2. The van der Waals surface area contributed by atoms with Gasteiger partial charge < -0.3 is 9.15 Å². The monoisotopic (exact) mass is 367 g/mol. The fourth-order valence-corrected chi connectivity index (χ4v) is 5.19. The van der Waals surface area contributed by atoms with Gasteiger partial charge in [0.1, 0.15) is 5.60 Å². The molecule has 3 aromatic heterocycles. The minimum absolute atomic E-state index is 0.0438. The fraction of sp³-hybridized carbons (Fsp3) is 0.400. The number of ether oxygens (including phenoxy) is 1. The van der Waals surface area contributed by atoms with E-state index in [2.05, 4.69) is 26.3 Å². The molecular formula is C20H21N3O2S. The summed E-state index contributed by atoms with van der Waals surface area (Å²) in [5, 5.41) is 2.21. The SMILES string of the molecule is c1coc(-c2ncc(CN3CCC4(CC3)OCCc3ccsc34)cn2)c1. The van der Waals surface area contributed by atoms with E-state index in [-0.39, 0.29) is 5.60 Å². The maximum absolute atomic E-state index is 6.30. The molecule has 5 nitrogen and oxygen atoms in total. The normalized spacial score (nSPS) is 19.5. The predicted molar refractivity (Wildman–Crippen MR) is 99.9 cm³/mol. The van der Waals surface area contributed by atoms with Crippen LogP contribution in [0.2, 0.25) is 0 Å². The van der Waals surface area contributed by atoms with Gasteiger partial charge in [0.2, 0.25) is 0 Å². The third-order valence-corrected chi connectivity index (χ3v) is 6.57. The highest BCUT2D eigenvalue weighted by Gasteiger charge is 2.41. The molecule has 6 heteroatoms. The van der Waals surface area contributed by atoms with Gasteiger partial charge in [-0.2, -0.15) is 0 Å². The minimum Gasteiger partial charge on any atom is -0.461 e. The first-order valence-corrected chi connectivity index (χ1v) is 9.98. The third-order valence-electron chi connectivity index (χ3n) is 5.43. The van der Waals surface area contributed by atoms with Crippen molar-refractivity contribution in [1.82, 2.24) is 14.9 Å². The molecule has 5 rings (SSSR count). The summed E-state index contributed by atoms with van der Waals surface area (Å²) in [6, 6.07) is 6.00. The number of rotatable bonds is 3. The molecule has 0 bridgehead atoms. The lowest BCUT2D eigenvalue weighted by Gasteiger charge is -2.43. The number of hydrogen-bond donors (Lipinski definition) is 0. The zero-order chi connectivity index (χ0) is 17.4. The Balaban J connectivity index is 1.24. The van der Waals surface area contributed by atoms with E-state index in [1.807, 2.05) is 35.9 Å². The Kier molecular flexibility index (Phi) is 4.11. The minimum atomic E-state index is -0.0438. The molecule has 134 valence electrons. The lowest BCUT2D eigenvalue weighted by molar-refractivity contribution is -0.0960. The Bertz CT molecular complexity index is 865. The van der Waals surface area contributed by atoms with Gasteiger partial charge in [-0.05, 0) is 48.4 Å². The van der Waals surface area contributed by atoms with E-state index in [0.717, 1.165) is 51.1 Å². The van der Waals surface area contributed by atoms with Crippen molar-refractivity contribution < 1.29 is 9.15 Å². The Morgan fingerprint density at radius 1 is 1.15 bits per heavy atom. The molecule has 0 amide bonds. The summed E-state index contributed by atoms with van der Waals surface area (Å²) in [5.41, 5.74) is 2.59. The molecule has 0 aliphatic carbocycles. The molecule has 0 N–H and O–H groups in total. The zero-order valence-corrected chi connectivity index (χ0v) is 15.4. The molecule has 5 heterocycles. The van der Waals surface area contributed by atoms with E-state index in [4.69, 9.17) is 9.15 Å². The Hall–Kier alpha value is -2.02. The molecule has 26 heavy (non-hydrogen) atoms. The molecule has 0 saturated carbocycles. The molecule has 0 unspecified atom stereocenters. The van der Waals surface area contributed by atoms with Crippen molar-refractivity contribution in [3.05, 3.63) is 58.2 Å². The van der Waals surface area contributed by atoms with E-state index in [9.17, 15) is 0 Å². The molecule has 2 aliphatic heterocycles. The second-order valence-corrected chi connectivity index (χ2v) is 7.95. The smallest absolute Gasteiger partial charge is 0.195 e. The zero-order valence-electron chi connectivity index (χ0n) is 14.6. The van der Waals surface area contributed by atoms with Crippen LogP contribution in [0, 0.1) is 0 Å². The highest BCUT2D eigenvalue weighted by atomic mass is 32.1. The molecular weight excluding hydrogens is 346 g/mol. The van der Waals surface area contributed by atoms with E-state index >= 15 is 0 Å². The topological polar surface area (TPSA) is 51.4 Å². The van der Waals surface area contributed by atoms with Gasteiger partial charge >= 0.3 is 0 Å². The molecule has 1 saturated heterocycles. The van der Waals surface area contributed by atoms with Gasteiger partial charge in [-0.3, -0.25) is 4.90 Å². The van der Waals surface area contributed by atoms with Gasteiger partial charge in [0.05, 0.1) is 12.9 Å². The number of hydrogen-bond acceptors (Lipinski definition) is 6. The number of thiophene rings is 1. The van der Waals surface area contributed by atoms with Crippen molar-refractivity contribution in [3.8, 4) is 11.6 Å². The van der Waals surface area contributed by atoms with Crippen molar-refractivity contribution in [2.45, 2.75) is 31.4 Å². The molecule has 0 atom stereocenters. The Morgan fingerprint density at radius 2 is 2.00 bits per heavy atom. The van der Waals surface area contributed by atoms with Crippen molar-refractivity contribution in [1.29, 1.82) is 0 Å². The van der Waals surface area contributed by atoms with Gasteiger partial charge in [-0.1, -0.05) is 0 Å². The van der Waals surface area contributed by atoms with Crippen LogP contribution in [-0.4, -0.2) is 34.6 Å². The molecule has 0 radical (unpaired) electrons. The van der Waals surface area contributed by atoms with Crippen molar-refractivity contribution in [2.24, 2.45) is 0 Å². The first kappa shape index (κ1) is 16.2. The summed E-state index contributed by atoms with van der Waals surface area (Å²) in [6.07, 6.45) is 8.64. The summed E-state index contributed by atoms with van der Waals surface area (Å²) in [7, 11) is 0. The number of furan rings is 1. The number of aromatic nitrogens is 2. The quantitative estimate of drug-likeness (QED) is 0.703. The van der Waals surface area contributed by atoms with Crippen molar-refractivity contribution >= 4 is 11.3 Å². The molecule has 3 aromatic rings. The van der Waals surface area contributed by atoms with Crippen LogP contribution in [0.1, 0.15) is 28.8 Å². The summed E-state index contributed by atoms with van der Waals surface area (Å²) in [4.78, 5) is 12.8. The van der Waals surface area contributed by atoms with E-state index in [0.29, 0.717) is 11.6 Å². The summed E-state index contributed by atoms with van der Waals surface area (Å²) in [5.74, 6) is 1.34. The number of piperidine rings is 1. The van der Waals surface area contributed by atoms with Crippen molar-refractivity contribution in [3.63, 3.8) is 0 Å². The van der Waals surface area contributed by atoms with E-state index in [1.54, 1.807) is 6.26 Å². The van der Waals surface area contributed by atoms with Crippen LogP contribution in [0.15, 0.2) is 46.7 Å². The van der Waals surface area contributed by atoms with Gasteiger partial charge in [0.15, 0.2) is 11.6 Å². The number of fused-ring (bicyclic) bond motifs is 2. The number of likely N-dealkylation sites (tertiary alicyclic amines) is 1. The van der Waals surface area contributed by atoms with Crippen LogP contribution in [-0.2, 0) is 23.3 Å². The Morgan fingerprint density at radius 3 is 2.77 bits per heavy atom. The Labute approximate surface area is 156 Å². The lowest BCUT2D eigenvalue weighted by atomic mass is 9.85. The van der Waals surface area contributed by atoms with Crippen LogP contribution in [0.25, 0.3) is 11.6 Å². The predicted octanol–water partition coefficient (Wildman–Crippen LogP) is 3.86. The highest BCUT2D eigenvalue weighted by molar-refractivity contribution is 7.10. The average molecular weight is 367 g/mol. The van der Waals surface area contributed by atoms with Crippen LogP contribution in [0.3, 0.4) is 0 Å². The van der Waals surface area contributed by atoms with Gasteiger partial charge in [0, 0.05) is 42.5 Å². The van der Waals surface area contributed by atoms with Gasteiger partial charge in [-0.25, -0.2) is 9.97 Å². The van der Waals surface area contributed by atoms with E-state index < -0.39 is 0 Å². The highest BCUT2D eigenvalue weighted by Crippen LogP contribution is 2.44. The summed E-state index contributed by atoms with van der Waals surface area (Å²) < 4.78 is 11.6. The summed E-state index contributed by atoms with van der Waals surface area (Å²) >= 11 is 1.86. The third kappa shape index (κ3) is 2.88. The van der Waals surface area contributed by atoms with E-state index in [1.165, 1.54) is 10.4 Å². The first-order valence-electron chi connectivity index (χ1n) is 9.10. The molecule has 2 aliphatic rings. The molecule has 1 fully saturated rings. The fourth-order valence-electron chi connectivity index (χ4n) is 4.03. The second kappa shape index (κ2) is 6.61. The maximum atomic E-state index is 6.30. The van der Waals surface area contributed by atoms with Crippen LogP contribution in [0.5, 0.6) is 0 Å². The van der Waals surface area contributed by atoms with Gasteiger partial charge in [-0.15, -0.1) is 11.3 Å². The van der Waals surface area contributed by atoms with Crippen LogP contribution >= 0.6 is 11.3 Å². The van der Waals surface area contributed by atoms with Gasteiger partial charge in [0.25, 0.3) is 0 Å². The summed E-state index contributed by atoms with van der Waals surface area (Å²) in [6.45, 7) is 3.81. The average Bonchev–Trinajstić information content (AvgIpc) is 3.37. The van der Waals surface area contributed by atoms with Crippen LogP contribution < -0.4 is 0 Å². The lowest BCUT2D eigenvalue weighted by Crippen LogP contribution is -2.45. The maximum Gasteiger partial charge on any atom is 0.195 e. The second-order valence-electron chi connectivity index (χ2n) is 7.04.